The molecule has 1 rings (SSSR count). The second-order valence-corrected chi connectivity index (χ2v) is 3.78. The van der Waals surface area contributed by atoms with E-state index in [-0.39, 0.29) is 12.3 Å². The molecule has 0 bridgehead atoms. The van der Waals surface area contributed by atoms with Gasteiger partial charge in [0, 0.05) is 23.5 Å². The van der Waals surface area contributed by atoms with Crippen LogP contribution in [0.5, 0.6) is 0 Å². The Kier molecular flexibility index (Phi) is 9.95. The van der Waals surface area contributed by atoms with Crippen molar-refractivity contribution >= 4 is 12.1 Å². The molecular weight excluding hydrogens is 268 g/mol. The van der Waals surface area contributed by atoms with Gasteiger partial charge in [-0.3, -0.25) is 14.6 Å². The van der Waals surface area contributed by atoms with Crippen molar-refractivity contribution in [2.45, 2.75) is 6.92 Å². The molecule has 0 spiro atoms. The summed E-state index contributed by atoms with van der Waals surface area (Å²) in [5, 5.41) is 0. The van der Waals surface area contributed by atoms with Crippen molar-refractivity contribution < 1.29 is 14.3 Å². The van der Waals surface area contributed by atoms with Gasteiger partial charge in [0.2, 0.25) is 0 Å². The van der Waals surface area contributed by atoms with Crippen LogP contribution in [0.15, 0.2) is 60.7 Å². The number of methoxy groups -OCH3 is 1. The van der Waals surface area contributed by atoms with Crippen molar-refractivity contribution in [3.05, 3.63) is 66.2 Å². The fourth-order valence-corrected chi connectivity index (χ4v) is 1.13. The van der Waals surface area contributed by atoms with Crippen LogP contribution in [0.2, 0.25) is 0 Å². The Morgan fingerprint density at radius 1 is 1.38 bits per heavy atom. The van der Waals surface area contributed by atoms with E-state index in [9.17, 15) is 9.59 Å². The first-order chi connectivity index (χ1) is 10.1. The number of carbonyl (C=O) groups excluding carboxylic acids is 2. The first kappa shape index (κ1) is 18.5. The lowest BCUT2D eigenvalue weighted by Gasteiger charge is -1.98. The Bertz CT molecular complexity index is 520. The van der Waals surface area contributed by atoms with E-state index >= 15 is 0 Å². The highest BCUT2D eigenvalue weighted by Gasteiger charge is 1.99. The maximum atomic E-state index is 11.0. The van der Waals surface area contributed by atoms with Gasteiger partial charge in [0.15, 0.2) is 5.78 Å². The maximum absolute atomic E-state index is 11.0. The lowest BCUT2D eigenvalue weighted by molar-refractivity contribution is -0.114. The molecule has 0 saturated carbocycles. The number of pyridine rings is 1. The molecule has 5 heteroatoms. The predicted octanol–water partition coefficient (Wildman–Crippen LogP) is 2.07. The lowest BCUT2D eigenvalue weighted by atomic mass is 10.2. The van der Waals surface area contributed by atoms with Crippen LogP contribution >= 0.6 is 0 Å². The van der Waals surface area contributed by atoms with E-state index in [0.29, 0.717) is 16.9 Å². The van der Waals surface area contributed by atoms with Gasteiger partial charge in [-0.05, 0) is 37.3 Å². The van der Waals surface area contributed by atoms with E-state index in [1.54, 1.807) is 49.9 Å². The topological polar surface area (TPSA) is 82.3 Å². The maximum Gasteiger partial charge on any atom is 0.175 e. The standard InChI is InChI=1S/C10H15NO2.C6H5NO/c1-4-9(13-3)6-5-8(2)10(12)7-11;8-5-6-1-3-7-4-2-6/h4-6H,2,7,11H2,1,3H3;1-5H/b6-5-,9-4+;. The van der Waals surface area contributed by atoms with Gasteiger partial charge < -0.3 is 10.5 Å². The van der Waals surface area contributed by atoms with Gasteiger partial charge in [-0.25, -0.2) is 0 Å². The monoisotopic (exact) mass is 288 g/mol. The summed E-state index contributed by atoms with van der Waals surface area (Å²) in [4.78, 5) is 24.7. The van der Waals surface area contributed by atoms with Crippen LogP contribution in [0.1, 0.15) is 17.3 Å². The predicted molar refractivity (Wildman–Crippen MR) is 82.7 cm³/mol. The molecular formula is C16H20N2O3. The number of Topliss-reactive ketones (excluding diaryl/α,β-unsaturated/α-hetero) is 1. The number of aldehydes is 1. The molecule has 0 aliphatic heterocycles. The molecule has 0 aromatic carbocycles. The minimum absolute atomic E-state index is 0.0126. The second kappa shape index (κ2) is 11.3. The number of aromatic nitrogens is 1. The van der Waals surface area contributed by atoms with Gasteiger partial charge in [-0.1, -0.05) is 6.58 Å². The van der Waals surface area contributed by atoms with Crippen molar-refractivity contribution in [2.24, 2.45) is 5.73 Å². The number of hydrogen-bond donors (Lipinski definition) is 1. The third-order valence-corrected chi connectivity index (χ3v) is 2.35. The van der Waals surface area contributed by atoms with Gasteiger partial charge in [-0.2, -0.15) is 0 Å². The molecule has 5 nitrogen and oxygen atoms in total. The number of ketones is 1. The summed E-state index contributed by atoms with van der Waals surface area (Å²) in [6, 6.07) is 3.32. The average molecular weight is 288 g/mol. The van der Waals surface area contributed by atoms with Gasteiger partial charge in [-0.15, -0.1) is 0 Å². The van der Waals surface area contributed by atoms with E-state index in [2.05, 4.69) is 11.6 Å². The minimum Gasteiger partial charge on any atom is -0.497 e. The van der Waals surface area contributed by atoms with E-state index in [0.717, 1.165) is 6.29 Å². The molecule has 21 heavy (non-hydrogen) atoms. The van der Waals surface area contributed by atoms with Crippen LogP contribution in [0.3, 0.4) is 0 Å². The van der Waals surface area contributed by atoms with Crippen molar-refractivity contribution in [3.8, 4) is 0 Å². The lowest BCUT2D eigenvalue weighted by Crippen LogP contribution is -2.13. The van der Waals surface area contributed by atoms with E-state index in [1.807, 2.05) is 6.92 Å². The number of allylic oxidation sites excluding steroid dienone is 3. The Labute approximate surface area is 124 Å². The molecule has 1 aromatic heterocycles. The number of hydrogen-bond acceptors (Lipinski definition) is 5. The zero-order valence-electron chi connectivity index (χ0n) is 12.3. The normalized spacial score (nSPS) is 10.5. The molecule has 0 unspecified atom stereocenters. The van der Waals surface area contributed by atoms with Crippen LogP contribution in [0, 0.1) is 0 Å². The smallest absolute Gasteiger partial charge is 0.175 e. The first-order valence-corrected chi connectivity index (χ1v) is 6.24. The number of nitrogens with two attached hydrogens (primary N) is 1. The SMILES string of the molecule is C=C(/C=C\C(=C/C)OC)C(=O)CN.O=Cc1ccncc1. The summed E-state index contributed by atoms with van der Waals surface area (Å²) in [6.07, 6.45) is 9.02. The van der Waals surface area contributed by atoms with Gasteiger partial charge in [0.25, 0.3) is 0 Å². The van der Waals surface area contributed by atoms with Crippen LogP contribution in [-0.4, -0.2) is 30.7 Å². The fraction of sp³-hybridized carbons (Fsp3) is 0.188. The van der Waals surface area contributed by atoms with Gasteiger partial charge >= 0.3 is 0 Å². The summed E-state index contributed by atoms with van der Waals surface area (Å²) >= 11 is 0. The largest absolute Gasteiger partial charge is 0.497 e. The third-order valence-electron chi connectivity index (χ3n) is 2.35. The van der Waals surface area contributed by atoms with Crippen molar-refractivity contribution in [1.82, 2.24) is 4.98 Å². The highest BCUT2D eigenvalue weighted by Crippen LogP contribution is 2.01. The highest BCUT2D eigenvalue weighted by atomic mass is 16.5. The molecule has 0 atom stereocenters. The molecule has 0 aliphatic rings. The summed E-state index contributed by atoms with van der Waals surface area (Å²) in [5.74, 6) is 0.522. The van der Waals surface area contributed by atoms with Crippen molar-refractivity contribution in [3.63, 3.8) is 0 Å². The molecule has 112 valence electrons. The van der Waals surface area contributed by atoms with Crippen LogP contribution in [0.4, 0.5) is 0 Å². The molecule has 1 heterocycles. The third kappa shape index (κ3) is 8.28. The first-order valence-electron chi connectivity index (χ1n) is 6.24. The number of carbonyl (C=O) groups is 2. The Morgan fingerprint density at radius 2 is 2.00 bits per heavy atom. The molecule has 0 fully saturated rings. The molecule has 0 saturated heterocycles. The summed E-state index contributed by atoms with van der Waals surface area (Å²) in [7, 11) is 1.56. The van der Waals surface area contributed by atoms with Crippen molar-refractivity contribution in [2.75, 3.05) is 13.7 Å². The molecule has 0 aliphatic carbocycles. The average Bonchev–Trinajstić information content (AvgIpc) is 2.56. The molecule has 2 N–H and O–H groups in total. The zero-order valence-corrected chi connectivity index (χ0v) is 12.3. The second-order valence-electron chi connectivity index (χ2n) is 3.78. The Morgan fingerprint density at radius 3 is 2.38 bits per heavy atom. The van der Waals surface area contributed by atoms with E-state index in [4.69, 9.17) is 10.5 Å². The summed E-state index contributed by atoms with van der Waals surface area (Å²) in [6.45, 7) is 5.40. The number of ether oxygens (including phenoxy) is 1. The number of nitrogens with zero attached hydrogens (tertiary/aromatic N) is 1. The summed E-state index contributed by atoms with van der Waals surface area (Å²) in [5.41, 5.74) is 6.21. The summed E-state index contributed by atoms with van der Waals surface area (Å²) < 4.78 is 4.95. The van der Waals surface area contributed by atoms with Crippen LogP contribution in [-0.2, 0) is 9.53 Å². The van der Waals surface area contributed by atoms with Gasteiger partial charge in [0.05, 0.1) is 13.7 Å². The highest BCUT2D eigenvalue weighted by molar-refractivity contribution is 5.98. The fourth-order valence-electron chi connectivity index (χ4n) is 1.13. The van der Waals surface area contributed by atoms with E-state index in [1.165, 1.54) is 0 Å². The van der Waals surface area contributed by atoms with Crippen LogP contribution < -0.4 is 5.73 Å². The van der Waals surface area contributed by atoms with Crippen LogP contribution in [0.25, 0.3) is 0 Å². The molecule has 0 amide bonds. The molecule has 1 aromatic rings. The zero-order chi connectivity index (χ0) is 16.1. The minimum atomic E-state index is -0.164. The quantitative estimate of drug-likeness (QED) is 0.375. The molecule has 0 radical (unpaired) electrons. The Hall–Kier alpha value is -2.53. The van der Waals surface area contributed by atoms with E-state index < -0.39 is 0 Å². The van der Waals surface area contributed by atoms with Crippen molar-refractivity contribution in [1.29, 1.82) is 0 Å². The number of rotatable bonds is 6. The Balaban J connectivity index is 0.000000423. The van der Waals surface area contributed by atoms with Gasteiger partial charge in [0.1, 0.15) is 12.0 Å².